The molecule has 0 aliphatic rings. The second-order valence-electron chi connectivity index (χ2n) is 10.7. The Kier molecular flexibility index (Phi) is 31.8. The van der Waals surface area contributed by atoms with Gasteiger partial charge in [-0.25, -0.2) is 0 Å². The fourth-order valence-electron chi connectivity index (χ4n) is 1.49. The average Bonchev–Trinajstić information content (AvgIpc) is 2.47. The van der Waals surface area contributed by atoms with E-state index in [1.54, 1.807) is 0 Å². The Hall–Kier alpha value is 0.949. The maximum atomic E-state index is 2.38. The third kappa shape index (κ3) is 56.8. The van der Waals surface area contributed by atoms with E-state index in [2.05, 4.69) is 140 Å². The molecule has 0 amide bonds. The second-order valence-corrected chi connectivity index (χ2v) is 20.8. The number of nitrogens with zero attached hydrogens (tertiary/aromatic N) is 4. The zero-order valence-electron chi connectivity index (χ0n) is 23.9. The van der Waals surface area contributed by atoms with Crippen LogP contribution in [0.4, 0.5) is 0 Å². The predicted octanol–water partition coefficient (Wildman–Crippen LogP) is -2.07. The molecule has 0 saturated heterocycles. The Morgan fingerprint density at radius 1 is 0.467 bits per heavy atom. The molecular formula is C22H54Li2N4Si2. The minimum Gasteiger partial charge on any atom is -0.380 e. The molecule has 0 spiro atoms. The summed E-state index contributed by atoms with van der Waals surface area (Å²) in [6.45, 7) is 18.7. The summed E-state index contributed by atoms with van der Waals surface area (Å²) in [5.74, 6) is 0. The predicted molar refractivity (Wildman–Crippen MR) is 139 cm³/mol. The Morgan fingerprint density at radius 3 is 0.733 bits per heavy atom. The van der Waals surface area contributed by atoms with Crippen molar-refractivity contribution >= 4 is 16.1 Å². The van der Waals surface area contributed by atoms with Crippen molar-refractivity contribution < 1.29 is 37.7 Å². The van der Waals surface area contributed by atoms with Crippen LogP contribution in [0.5, 0.6) is 0 Å². The molecule has 0 atom stereocenters. The summed E-state index contributed by atoms with van der Waals surface area (Å²) in [6.07, 6.45) is 4.45. The van der Waals surface area contributed by atoms with Gasteiger partial charge in [-0.3, -0.25) is 0 Å². The van der Waals surface area contributed by atoms with Gasteiger partial charge in [0.15, 0.2) is 0 Å². The first-order valence-electron chi connectivity index (χ1n) is 10.4. The van der Waals surface area contributed by atoms with Crippen molar-refractivity contribution in [2.75, 3.05) is 82.6 Å². The summed E-state index contributed by atoms with van der Waals surface area (Å²) in [7, 11) is 14.8. The maximum absolute atomic E-state index is 2.38. The smallest absolute Gasteiger partial charge is 0.380 e. The monoisotopic (exact) mass is 444 g/mol. The summed E-state index contributed by atoms with van der Waals surface area (Å²) >= 11 is 0. The number of rotatable bonds is 10. The average molecular weight is 445 g/mol. The quantitative estimate of drug-likeness (QED) is 0.284. The molecular weight excluding hydrogens is 390 g/mol. The molecule has 4 nitrogen and oxygen atoms in total. The summed E-state index contributed by atoms with van der Waals surface area (Å²) < 4.78 is 0. The first-order chi connectivity index (χ1) is 12.5. The van der Waals surface area contributed by atoms with Gasteiger partial charge in [-0.15, -0.1) is 0 Å². The minimum atomic E-state index is -0.970. The van der Waals surface area contributed by atoms with Gasteiger partial charge in [0.05, 0.1) is 0 Å². The third-order valence-electron chi connectivity index (χ3n) is 3.29. The first-order valence-corrected chi connectivity index (χ1v) is 17.6. The molecule has 0 saturated carbocycles. The molecule has 0 unspecified atom stereocenters. The number of likely N-dealkylation sites (N-methyl/N-ethyl adjacent to an activating group) is 4. The van der Waals surface area contributed by atoms with Gasteiger partial charge >= 0.3 is 37.7 Å². The van der Waals surface area contributed by atoms with Crippen molar-refractivity contribution in [2.45, 2.75) is 39.3 Å². The molecule has 0 aromatic carbocycles. The van der Waals surface area contributed by atoms with Crippen molar-refractivity contribution in [3.8, 4) is 0 Å². The molecule has 0 radical (unpaired) electrons. The van der Waals surface area contributed by atoms with Crippen LogP contribution in [0.1, 0.15) is 0 Å². The van der Waals surface area contributed by atoms with E-state index in [0.717, 1.165) is 26.2 Å². The van der Waals surface area contributed by atoms with Gasteiger partial charge in [0.25, 0.3) is 0 Å². The molecule has 172 valence electrons. The molecule has 30 heavy (non-hydrogen) atoms. The Morgan fingerprint density at radius 2 is 0.633 bits per heavy atom. The molecule has 0 aliphatic carbocycles. The van der Waals surface area contributed by atoms with E-state index >= 15 is 0 Å². The largest absolute Gasteiger partial charge is 1.00 e. The molecule has 0 rings (SSSR count). The Labute approximate surface area is 218 Å². The molecule has 0 heterocycles. The summed E-state index contributed by atoms with van der Waals surface area (Å²) in [6, 6.07) is 4.76. The number of hydrogen-bond donors (Lipinski definition) is 0. The Bertz CT molecular complexity index is 315. The molecule has 0 bridgehead atoms. The van der Waals surface area contributed by atoms with Crippen LogP contribution in [0.2, 0.25) is 39.3 Å². The van der Waals surface area contributed by atoms with E-state index in [1.165, 1.54) is 0 Å². The second kappa shape index (κ2) is 23.1. The molecule has 0 aromatic heterocycles. The van der Waals surface area contributed by atoms with Gasteiger partial charge in [-0.2, -0.15) is 0 Å². The molecule has 0 fully saturated rings. The van der Waals surface area contributed by atoms with Gasteiger partial charge in [0.2, 0.25) is 0 Å². The topological polar surface area (TPSA) is 13.0 Å². The van der Waals surface area contributed by atoms with Crippen LogP contribution in [0, 0.1) is 12.1 Å². The van der Waals surface area contributed by atoms with E-state index in [0.29, 0.717) is 0 Å². The maximum Gasteiger partial charge on any atom is 1.00 e. The summed E-state index contributed by atoms with van der Waals surface area (Å²) in [5, 5.41) is 0. The van der Waals surface area contributed by atoms with Crippen molar-refractivity contribution in [2.24, 2.45) is 0 Å². The molecule has 0 N–H and O–H groups in total. The van der Waals surface area contributed by atoms with Crippen LogP contribution in [0.3, 0.4) is 0 Å². The van der Waals surface area contributed by atoms with Gasteiger partial charge in [-0.1, -0.05) is 39.3 Å². The fourth-order valence-corrected chi connectivity index (χ4v) is 2.87. The summed E-state index contributed by atoms with van der Waals surface area (Å²) in [5.41, 5.74) is 0. The zero-order valence-corrected chi connectivity index (χ0v) is 25.9. The van der Waals surface area contributed by atoms with E-state index in [9.17, 15) is 0 Å². The fraction of sp³-hybridized carbons (Fsp3) is 0.818. The third-order valence-corrected chi connectivity index (χ3v) is 5.68. The molecule has 0 aliphatic heterocycles. The van der Waals surface area contributed by atoms with Crippen LogP contribution < -0.4 is 37.7 Å². The standard InChI is InChI=1S/C10H22Si2.2C6H16N2.2Li/c1-11(2,3)9-7-8-10-12(4,5)6;2*1-7(2)5-6-8(3)4;;/h7-10H,1-6H3;2*5-6H2,1-4H3;;/q-2;;;2*+1/b8-7-;;;;. The van der Waals surface area contributed by atoms with E-state index in [4.69, 9.17) is 0 Å². The number of allylic oxidation sites excluding steroid dienone is 2. The first kappa shape index (κ1) is 41.2. The van der Waals surface area contributed by atoms with Crippen LogP contribution in [-0.2, 0) is 0 Å². The van der Waals surface area contributed by atoms with Crippen molar-refractivity contribution in [3.63, 3.8) is 0 Å². The van der Waals surface area contributed by atoms with Gasteiger partial charge in [0, 0.05) is 26.2 Å². The zero-order chi connectivity index (χ0) is 23.0. The number of hydrogen-bond acceptors (Lipinski definition) is 4. The van der Waals surface area contributed by atoms with Crippen LogP contribution in [-0.4, -0.2) is 118 Å². The van der Waals surface area contributed by atoms with Crippen LogP contribution in [0.25, 0.3) is 0 Å². The molecule has 8 heteroatoms. The van der Waals surface area contributed by atoms with E-state index in [1.807, 2.05) is 0 Å². The van der Waals surface area contributed by atoms with Crippen LogP contribution >= 0.6 is 0 Å². The summed E-state index contributed by atoms with van der Waals surface area (Å²) in [4.78, 5) is 8.72. The normalized spacial score (nSPS) is 11.4. The van der Waals surface area contributed by atoms with Gasteiger partial charge < -0.3 is 43.8 Å². The van der Waals surface area contributed by atoms with Crippen molar-refractivity contribution in [1.29, 1.82) is 0 Å². The van der Waals surface area contributed by atoms with Gasteiger partial charge in [-0.05, 0) is 72.5 Å². The Balaban J connectivity index is -0.000000104. The SMILES string of the molecule is CN(C)CCN(C)C.CN(C)CCN(C)C.C[Si](C)(C)[CH-]/C=C\[CH-][Si](C)(C)C.[Li+].[Li+]. The molecule has 0 aromatic rings. The van der Waals surface area contributed by atoms with E-state index in [-0.39, 0.29) is 37.7 Å². The van der Waals surface area contributed by atoms with E-state index < -0.39 is 16.1 Å². The minimum absolute atomic E-state index is 0. The van der Waals surface area contributed by atoms with Crippen molar-refractivity contribution in [3.05, 3.63) is 24.2 Å². The van der Waals surface area contributed by atoms with Crippen LogP contribution in [0.15, 0.2) is 12.2 Å². The van der Waals surface area contributed by atoms with Gasteiger partial charge in [0.1, 0.15) is 0 Å². The van der Waals surface area contributed by atoms with Crippen molar-refractivity contribution in [1.82, 2.24) is 19.6 Å².